The molecule has 0 radical (unpaired) electrons. The molecule has 0 saturated heterocycles. The molecule has 0 spiro atoms. The third-order valence-corrected chi connectivity index (χ3v) is 3.59. The molecule has 0 saturated carbocycles. The van der Waals surface area contributed by atoms with Gasteiger partial charge < -0.3 is 15.2 Å². The lowest BCUT2D eigenvalue weighted by Gasteiger charge is -2.36. The molecular weight excluding hydrogens is 355 g/mol. The standard InChI is InChI=1S/C12H13BrF3N3O2/c1-11(7-3-6(13)5-18-9(7)20-2)4-8(12(14,15)16)21-10(17)19-11/h3,5,8H,4H2,1-2H3,(H2,17,19)/t8-,11-/m0/s1. The van der Waals surface area contributed by atoms with E-state index in [0.29, 0.717) is 10.0 Å². The fourth-order valence-corrected chi connectivity index (χ4v) is 2.52. The van der Waals surface area contributed by atoms with Gasteiger partial charge in [-0.25, -0.2) is 9.98 Å². The molecule has 1 aliphatic heterocycles. The summed E-state index contributed by atoms with van der Waals surface area (Å²) in [6.45, 7) is 1.53. The van der Waals surface area contributed by atoms with Crippen molar-refractivity contribution in [2.75, 3.05) is 7.11 Å². The molecule has 1 aliphatic rings. The Labute approximate surface area is 127 Å². The Bertz CT molecular complexity index is 579. The van der Waals surface area contributed by atoms with Gasteiger partial charge in [0.2, 0.25) is 5.88 Å². The molecular formula is C12H13BrF3N3O2. The molecule has 0 bridgehead atoms. The molecule has 0 aliphatic carbocycles. The van der Waals surface area contributed by atoms with Gasteiger partial charge in [-0.1, -0.05) is 0 Å². The van der Waals surface area contributed by atoms with Gasteiger partial charge in [-0.15, -0.1) is 0 Å². The average molecular weight is 368 g/mol. The highest BCUT2D eigenvalue weighted by Gasteiger charge is 2.50. The Morgan fingerprint density at radius 1 is 1.52 bits per heavy atom. The maximum atomic E-state index is 12.9. The first kappa shape index (κ1) is 15.9. The minimum atomic E-state index is -4.53. The summed E-state index contributed by atoms with van der Waals surface area (Å²) in [4.78, 5) is 8.06. The molecule has 116 valence electrons. The maximum Gasteiger partial charge on any atom is 0.425 e. The van der Waals surface area contributed by atoms with Crippen molar-refractivity contribution in [1.82, 2.24) is 4.98 Å². The quantitative estimate of drug-likeness (QED) is 0.872. The van der Waals surface area contributed by atoms with E-state index in [4.69, 9.17) is 10.5 Å². The Morgan fingerprint density at radius 2 is 2.19 bits per heavy atom. The van der Waals surface area contributed by atoms with Gasteiger partial charge in [0.25, 0.3) is 6.02 Å². The number of hydrogen-bond acceptors (Lipinski definition) is 5. The molecule has 2 N–H and O–H groups in total. The number of rotatable bonds is 2. The second kappa shape index (κ2) is 5.36. The maximum absolute atomic E-state index is 12.9. The highest BCUT2D eigenvalue weighted by Crippen LogP contribution is 2.42. The van der Waals surface area contributed by atoms with Crippen molar-refractivity contribution in [1.29, 1.82) is 0 Å². The van der Waals surface area contributed by atoms with Gasteiger partial charge in [0.1, 0.15) is 0 Å². The van der Waals surface area contributed by atoms with Crippen molar-refractivity contribution < 1.29 is 22.6 Å². The van der Waals surface area contributed by atoms with Crippen molar-refractivity contribution in [2.24, 2.45) is 10.7 Å². The van der Waals surface area contributed by atoms with Crippen LogP contribution in [-0.2, 0) is 10.3 Å². The molecule has 2 rings (SSSR count). The van der Waals surface area contributed by atoms with Crippen LogP contribution >= 0.6 is 15.9 Å². The summed E-state index contributed by atoms with van der Waals surface area (Å²) in [5, 5.41) is 0. The minimum Gasteiger partial charge on any atom is -0.481 e. The van der Waals surface area contributed by atoms with E-state index in [1.165, 1.54) is 20.2 Å². The van der Waals surface area contributed by atoms with Crippen LogP contribution in [0.4, 0.5) is 13.2 Å². The molecule has 2 atom stereocenters. The van der Waals surface area contributed by atoms with Crippen LogP contribution in [0, 0.1) is 0 Å². The van der Waals surface area contributed by atoms with E-state index >= 15 is 0 Å². The summed E-state index contributed by atoms with van der Waals surface area (Å²) in [5.74, 6) is 0.195. The summed E-state index contributed by atoms with van der Waals surface area (Å²) >= 11 is 3.23. The largest absolute Gasteiger partial charge is 0.481 e. The van der Waals surface area contributed by atoms with Crippen molar-refractivity contribution in [3.63, 3.8) is 0 Å². The molecule has 1 aromatic rings. The van der Waals surface area contributed by atoms with Crippen LogP contribution in [0.2, 0.25) is 0 Å². The predicted octanol–water partition coefficient (Wildman–Crippen LogP) is 2.73. The third-order valence-electron chi connectivity index (χ3n) is 3.16. The number of alkyl halides is 3. The molecule has 21 heavy (non-hydrogen) atoms. The minimum absolute atomic E-state index is 0.195. The number of aliphatic imine (C=N–C) groups is 1. The Hall–Kier alpha value is -1.51. The summed E-state index contributed by atoms with van der Waals surface area (Å²) in [5.41, 5.74) is 4.58. The molecule has 5 nitrogen and oxygen atoms in total. The highest BCUT2D eigenvalue weighted by molar-refractivity contribution is 9.10. The molecule has 1 aromatic heterocycles. The number of nitrogens with zero attached hydrogens (tertiary/aromatic N) is 2. The molecule has 2 heterocycles. The fourth-order valence-electron chi connectivity index (χ4n) is 2.19. The zero-order valence-corrected chi connectivity index (χ0v) is 12.8. The van der Waals surface area contributed by atoms with E-state index in [1.807, 2.05) is 0 Å². The summed E-state index contributed by atoms with van der Waals surface area (Å²) in [6, 6.07) is 1.11. The van der Waals surface area contributed by atoms with Crippen LogP contribution in [-0.4, -0.2) is 30.4 Å². The Kier molecular flexibility index (Phi) is 4.05. The lowest BCUT2D eigenvalue weighted by Crippen LogP contribution is -2.46. The van der Waals surface area contributed by atoms with Crippen LogP contribution < -0.4 is 10.5 Å². The fraction of sp³-hybridized carbons (Fsp3) is 0.500. The van der Waals surface area contributed by atoms with Gasteiger partial charge in [0, 0.05) is 22.7 Å². The van der Waals surface area contributed by atoms with E-state index in [1.54, 1.807) is 6.07 Å². The van der Waals surface area contributed by atoms with Gasteiger partial charge in [-0.3, -0.25) is 0 Å². The number of nitrogens with two attached hydrogens (primary N) is 1. The monoisotopic (exact) mass is 367 g/mol. The normalized spacial score (nSPS) is 26.0. The van der Waals surface area contributed by atoms with E-state index in [9.17, 15) is 13.2 Å². The molecule has 0 fully saturated rings. The third kappa shape index (κ3) is 3.22. The van der Waals surface area contributed by atoms with Crippen molar-refractivity contribution in [3.05, 3.63) is 22.3 Å². The first-order chi connectivity index (χ1) is 9.65. The highest BCUT2D eigenvalue weighted by atomic mass is 79.9. The van der Waals surface area contributed by atoms with Crippen LogP contribution in [0.3, 0.4) is 0 Å². The zero-order valence-electron chi connectivity index (χ0n) is 11.2. The number of aromatic nitrogens is 1. The van der Waals surface area contributed by atoms with Gasteiger partial charge in [0.05, 0.1) is 12.6 Å². The SMILES string of the molecule is COc1ncc(Br)cc1[C@]1(C)C[C@@H](C(F)(F)F)OC(N)=N1. The van der Waals surface area contributed by atoms with E-state index in [-0.39, 0.29) is 5.88 Å². The predicted molar refractivity (Wildman–Crippen MR) is 73.0 cm³/mol. The van der Waals surface area contributed by atoms with Crippen molar-refractivity contribution >= 4 is 22.0 Å². The van der Waals surface area contributed by atoms with E-state index < -0.39 is 30.3 Å². The zero-order chi connectivity index (χ0) is 15.8. The van der Waals surface area contributed by atoms with Gasteiger partial charge >= 0.3 is 6.18 Å². The molecule has 0 unspecified atom stereocenters. The van der Waals surface area contributed by atoms with Gasteiger partial charge in [-0.05, 0) is 28.9 Å². The van der Waals surface area contributed by atoms with Crippen LogP contribution in [0.25, 0.3) is 0 Å². The molecule has 0 amide bonds. The average Bonchev–Trinajstić information content (AvgIpc) is 2.36. The van der Waals surface area contributed by atoms with Gasteiger partial charge in [0.15, 0.2) is 6.10 Å². The molecule has 9 heteroatoms. The Morgan fingerprint density at radius 3 is 2.76 bits per heavy atom. The second-order valence-electron chi connectivity index (χ2n) is 4.79. The number of hydrogen-bond donors (Lipinski definition) is 1. The smallest absolute Gasteiger partial charge is 0.425 e. The van der Waals surface area contributed by atoms with Crippen molar-refractivity contribution in [2.45, 2.75) is 31.2 Å². The van der Waals surface area contributed by atoms with E-state index in [0.717, 1.165) is 0 Å². The summed E-state index contributed by atoms with van der Waals surface area (Å²) in [6.07, 6.45) is -5.48. The second-order valence-corrected chi connectivity index (χ2v) is 5.70. The number of pyridine rings is 1. The first-order valence-electron chi connectivity index (χ1n) is 5.94. The first-order valence-corrected chi connectivity index (χ1v) is 6.74. The van der Waals surface area contributed by atoms with Crippen LogP contribution in [0.1, 0.15) is 18.9 Å². The topological polar surface area (TPSA) is 69.7 Å². The Balaban J connectivity index is 2.50. The lowest BCUT2D eigenvalue weighted by atomic mass is 9.86. The summed E-state index contributed by atoms with van der Waals surface area (Å²) in [7, 11) is 1.39. The number of methoxy groups -OCH3 is 1. The summed E-state index contributed by atoms with van der Waals surface area (Å²) < 4.78 is 49.1. The van der Waals surface area contributed by atoms with E-state index in [2.05, 4.69) is 30.6 Å². The lowest BCUT2D eigenvalue weighted by molar-refractivity contribution is -0.208. The van der Waals surface area contributed by atoms with Crippen molar-refractivity contribution in [3.8, 4) is 5.88 Å². The van der Waals surface area contributed by atoms with Crippen LogP contribution in [0.5, 0.6) is 5.88 Å². The van der Waals surface area contributed by atoms with Crippen LogP contribution in [0.15, 0.2) is 21.7 Å². The number of ether oxygens (including phenoxy) is 2. The van der Waals surface area contributed by atoms with Gasteiger partial charge in [-0.2, -0.15) is 13.2 Å². The number of halogens is 4. The number of amidine groups is 1. The molecule has 0 aromatic carbocycles.